The summed E-state index contributed by atoms with van der Waals surface area (Å²) in [6.45, 7) is 8.42. The van der Waals surface area contributed by atoms with Crippen LogP contribution in [-0.4, -0.2) is 70.8 Å². The summed E-state index contributed by atoms with van der Waals surface area (Å²) >= 11 is 6.45. The molecule has 1 unspecified atom stereocenters. The predicted molar refractivity (Wildman–Crippen MR) is 113 cm³/mol. The molecule has 2 aliphatic rings. The van der Waals surface area contributed by atoms with E-state index < -0.39 is 0 Å². The van der Waals surface area contributed by atoms with E-state index in [1.807, 2.05) is 11.8 Å². The standard InChI is InChI=1S/C21H31ClN4O3/c1-3-4-10-26-20(22)18(16(2)23-26)7-8-19(27)25-9-5-6-17(15-25)21(28)24-11-13-29-14-12-24/h7-8,17H,3-6,9-15H2,1-2H3/b8-7+. The number of amides is 2. The highest BCUT2D eigenvalue weighted by Gasteiger charge is 2.31. The first-order valence-electron chi connectivity index (χ1n) is 10.6. The SMILES string of the molecule is CCCCn1nc(C)c(/C=C/C(=O)N2CCCC(C(=O)N3CCOCC3)C2)c1Cl. The van der Waals surface area contributed by atoms with Crippen LogP contribution in [0.15, 0.2) is 6.08 Å². The van der Waals surface area contributed by atoms with Gasteiger partial charge in [-0.05, 0) is 32.3 Å². The van der Waals surface area contributed by atoms with E-state index >= 15 is 0 Å². The first-order chi connectivity index (χ1) is 14.0. The van der Waals surface area contributed by atoms with Crippen molar-refractivity contribution in [2.24, 2.45) is 5.92 Å². The molecule has 7 nitrogen and oxygen atoms in total. The minimum absolute atomic E-state index is 0.0822. The third-order valence-electron chi connectivity index (χ3n) is 5.63. The Morgan fingerprint density at radius 1 is 1.24 bits per heavy atom. The van der Waals surface area contributed by atoms with Gasteiger partial charge < -0.3 is 14.5 Å². The number of likely N-dealkylation sites (tertiary alicyclic amines) is 1. The molecule has 0 radical (unpaired) electrons. The summed E-state index contributed by atoms with van der Waals surface area (Å²) in [5.74, 6) is -0.0616. The Morgan fingerprint density at radius 2 is 2.00 bits per heavy atom. The number of unbranched alkanes of at least 4 members (excludes halogenated alkanes) is 1. The van der Waals surface area contributed by atoms with Crippen LogP contribution >= 0.6 is 11.6 Å². The van der Waals surface area contributed by atoms with Crippen LogP contribution in [0.5, 0.6) is 0 Å². The maximum Gasteiger partial charge on any atom is 0.246 e. The van der Waals surface area contributed by atoms with Crippen molar-refractivity contribution >= 4 is 29.5 Å². The van der Waals surface area contributed by atoms with Crippen LogP contribution in [0.25, 0.3) is 6.08 Å². The van der Waals surface area contributed by atoms with E-state index in [0.717, 1.165) is 43.5 Å². The molecule has 2 aliphatic heterocycles. The van der Waals surface area contributed by atoms with Gasteiger partial charge in [0, 0.05) is 44.4 Å². The molecule has 0 aromatic carbocycles. The molecule has 0 saturated carbocycles. The summed E-state index contributed by atoms with van der Waals surface area (Å²) < 4.78 is 7.12. The number of rotatable bonds is 6. The lowest BCUT2D eigenvalue weighted by atomic mass is 9.96. The lowest BCUT2D eigenvalue weighted by molar-refractivity contribution is -0.143. The molecule has 0 N–H and O–H groups in total. The molecule has 160 valence electrons. The number of carbonyl (C=O) groups is 2. The summed E-state index contributed by atoms with van der Waals surface area (Å²) in [6.07, 6.45) is 7.06. The first kappa shape index (κ1) is 21.8. The Bertz CT molecular complexity index is 755. The number of aryl methyl sites for hydroxylation is 2. The third-order valence-corrected chi connectivity index (χ3v) is 6.03. The molecule has 1 atom stereocenters. The number of carbonyl (C=O) groups excluding carboxylic acids is 2. The summed E-state index contributed by atoms with van der Waals surface area (Å²) in [5, 5.41) is 5.04. The second kappa shape index (κ2) is 10.3. The summed E-state index contributed by atoms with van der Waals surface area (Å²) in [5.41, 5.74) is 1.60. The Kier molecular flexibility index (Phi) is 7.72. The molecule has 2 saturated heterocycles. The maximum atomic E-state index is 12.8. The highest BCUT2D eigenvalue weighted by molar-refractivity contribution is 6.31. The van der Waals surface area contributed by atoms with Gasteiger partial charge in [0.05, 0.1) is 24.8 Å². The van der Waals surface area contributed by atoms with Crippen LogP contribution < -0.4 is 0 Å². The van der Waals surface area contributed by atoms with Crippen LogP contribution in [-0.2, 0) is 20.9 Å². The molecule has 2 amide bonds. The topological polar surface area (TPSA) is 67.7 Å². The second-order valence-electron chi connectivity index (χ2n) is 7.76. The quantitative estimate of drug-likeness (QED) is 0.661. The zero-order chi connectivity index (χ0) is 20.8. The van der Waals surface area contributed by atoms with E-state index in [9.17, 15) is 9.59 Å². The molecule has 0 spiro atoms. The fourth-order valence-electron chi connectivity index (χ4n) is 3.89. The van der Waals surface area contributed by atoms with Gasteiger partial charge in [-0.3, -0.25) is 14.3 Å². The van der Waals surface area contributed by atoms with Gasteiger partial charge in [0.25, 0.3) is 0 Å². The largest absolute Gasteiger partial charge is 0.378 e. The van der Waals surface area contributed by atoms with E-state index in [2.05, 4.69) is 12.0 Å². The average Bonchev–Trinajstić information content (AvgIpc) is 3.03. The summed E-state index contributed by atoms with van der Waals surface area (Å²) in [7, 11) is 0. The molecule has 8 heteroatoms. The minimum atomic E-state index is -0.124. The maximum absolute atomic E-state index is 12.8. The average molecular weight is 423 g/mol. The van der Waals surface area contributed by atoms with Crippen LogP contribution in [0.2, 0.25) is 5.15 Å². The normalized spacial score (nSPS) is 20.4. The Morgan fingerprint density at radius 3 is 2.72 bits per heavy atom. The number of ether oxygens (including phenoxy) is 1. The van der Waals surface area contributed by atoms with Crippen molar-refractivity contribution in [3.05, 3.63) is 22.5 Å². The molecule has 1 aromatic heterocycles. The lowest BCUT2D eigenvalue weighted by Crippen LogP contribution is -2.49. The highest BCUT2D eigenvalue weighted by atomic mass is 35.5. The molecule has 0 aliphatic carbocycles. The van der Waals surface area contributed by atoms with Crippen molar-refractivity contribution in [1.29, 1.82) is 0 Å². The number of hydrogen-bond acceptors (Lipinski definition) is 4. The van der Waals surface area contributed by atoms with Gasteiger partial charge in [0.2, 0.25) is 11.8 Å². The molecule has 3 rings (SSSR count). The van der Waals surface area contributed by atoms with E-state index in [1.165, 1.54) is 0 Å². The van der Waals surface area contributed by atoms with Crippen molar-refractivity contribution in [3.8, 4) is 0 Å². The monoisotopic (exact) mass is 422 g/mol. The molecule has 1 aromatic rings. The van der Waals surface area contributed by atoms with Gasteiger partial charge in [-0.15, -0.1) is 0 Å². The molecule has 0 bridgehead atoms. The number of hydrogen-bond donors (Lipinski definition) is 0. The molecule has 29 heavy (non-hydrogen) atoms. The zero-order valence-corrected chi connectivity index (χ0v) is 18.2. The second-order valence-corrected chi connectivity index (χ2v) is 8.12. The van der Waals surface area contributed by atoms with Crippen LogP contribution in [0, 0.1) is 12.8 Å². The molecular formula is C21H31ClN4O3. The van der Waals surface area contributed by atoms with E-state index in [1.54, 1.807) is 21.7 Å². The summed E-state index contributed by atoms with van der Waals surface area (Å²) in [4.78, 5) is 29.1. The lowest BCUT2D eigenvalue weighted by Gasteiger charge is -2.35. The Labute approximate surface area is 177 Å². The highest BCUT2D eigenvalue weighted by Crippen LogP contribution is 2.23. The van der Waals surface area contributed by atoms with Crippen molar-refractivity contribution in [3.63, 3.8) is 0 Å². The number of piperidine rings is 1. The molecule has 2 fully saturated rings. The predicted octanol–water partition coefficient (Wildman–Crippen LogP) is 2.76. The minimum Gasteiger partial charge on any atom is -0.378 e. The van der Waals surface area contributed by atoms with Gasteiger partial charge in [-0.2, -0.15) is 5.10 Å². The van der Waals surface area contributed by atoms with Crippen molar-refractivity contribution in [2.45, 2.75) is 46.1 Å². The molecule has 3 heterocycles. The van der Waals surface area contributed by atoms with E-state index in [-0.39, 0.29) is 17.7 Å². The third kappa shape index (κ3) is 5.39. The Balaban J connectivity index is 1.61. The van der Waals surface area contributed by atoms with Crippen LogP contribution in [0.3, 0.4) is 0 Å². The van der Waals surface area contributed by atoms with E-state index in [0.29, 0.717) is 44.5 Å². The number of morpholine rings is 1. The van der Waals surface area contributed by atoms with Crippen molar-refractivity contribution in [1.82, 2.24) is 19.6 Å². The van der Waals surface area contributed by atoms with Crippen LogP contribution in [0.1, 0.15) is 43.9 Å². The van der Waals surface area contributed by atoms with Gasteiger partial charge in [-0.25, -0.2) is 0 Å². The Hall–Kier alpha value is -1.86. The number of nitrogens with zero attached hydrogens (tertiary/aromatic N) is 4. The van der Waals surface area contributed by atoms with E-state index in [4.69, 9.17) is 16.3 Å². The fraction of sp³-hybridized carbons (Fsp3) is 0.667. The number of aromatic nitrogens is 2. The van der Waals surface area contributed by atoms with Gasteiger partial charge in [0.15, 0.2) is 0 Å². The molecular weight excluding hydrogens is 392 g/mol. The smallest absolute Gasteiger partial charge is 0.246 e. The number of halogens is 1. The van der Waals surface area contributed by atoms with Gasteiger partial charge in [-0.1, -0.05) is 24.9 Å². The van der Waals surface area contributed by atoms with Crippen molar-refractivity contribution in [2.75, 3.05) is 39.4 Å². The first-order valence-corrected chi connectivity index (χ1v) is 11.0. The van der Waals surface area contributed by atoms with Crippen molar-refractivity contribution < 1.29 is 14.3 Å². The van der Waals surface area contributed by atoms with Gasteiger partial charge >= 0.3 is 0 Å². The fourth-order valence-corrected chi connectivity index (χ4v) is 4.22. The van der Waals surface area contributed by atoms with Gasteiger partial charge in [0.1, 0.15) is 5.15 Å². The van der Waals surface area contributed by atoms with Crippen LogP contribution in [0.4, 0.5) is 0 Å². The zero-order valence-electron chi connectivity index (χ0n) is 17.4. The summed E-state index contributed by atoms with van der Waals surface area (Å²) in [6, 6.07) is 0.